The van der Waals surface area contributed by atoms with Gasteiger partial charge in [0.05, 0.1) is 7.11 Å². The highest BCUT2D eigenvalue weighted by Gasteiger charge is 2.19. The monoisotopic (exact) mass is 514 g/mol. The molecule has 0 aromatic heterocycles. The van der Waals surface area contributed by atoms with Gasteiger partial charge in [0.1, 0.15) is 5.75 Å². The Morgan fingerprint density at radius 2 is 1.96 bits per heavy atom. The molecule has 5 nitrogen and oxygen atoms in total. The number of likely N-dealkylation sites (tertiary alicyclic amines) is 1. The van der Waals surface area contributed by atoms with E-state index < -0.39 is 0 Å². The van der Waals surface area contributed by atoms with Gasteiger partial charge in [0.15, 0.2) is 5.96 Å². The zero-order valence-electron chi connectivity index (χ0n) is 16.1. The predicted octanol–water partition coefficient (Wildman–Crippen LogP) is 4.61. The predicted molar refractivity (Wildman–Crippen MR) is 128 cm³/mol. The first-order valence-electron chi connectivity index (χ1n) is 9.31. The fourth-order valence-corrected chi connectivity index (χ4v) is 3.51. The molecule has 2 aromatic rings. The number of benzene rings is 2. The average Bonchev–Trinajstić information content (AvgIpc) is 2.69. The number of anilines is 1. The third-order valence-electron chi connectivity index (χ3n) is 4.92. The fraction of sp³-hybridized carbons (Fsp3) is 0.381. The topological polar surface area (TPSA) is 62.9 Å². The van der Waals surface area contributed by atoms with E-state index in [1.807, 2.05) is 42.5 Å². The van der Waals surface area contributed by atoms with Crippen LogP contribution >= 0.6 is 35.6 Å². The van der Waals surface area contributed by atoms with Crippen molar-refractivity contribution in [1.29, 1.82) is 0 Å². The summed E-state index contributed by atoms with van der Waals surface area (Å²) in [6.07, 6.45) is 2.25. The molecule has 0 bridgehead atoms. The minimum atomic E-state index is 0. The van der Waals surface area contributed by atoms with E-state index in [9.17, 15) is 0 Å². The van der Waals surface area contributed by atoms with Crippen molar-refractivity contribution in [3.8, 4) is 5.75 Å². The number of aliphatic imine (C=N–C) groups is 1. The Labute approximate surface area is 189 Å². The molecule has 7 heteroatoms. The molecule has 0 aliphatic carbocycles. The molecule has 1 saturated heterocycles. The molecule has 0 radical (unpaired) electrons. The summed E-state index contributed by atoms with van der Waals surface area (Å²) in [7, 11) is 1.65. The molecule has 2 aromatic carbocycles. The first kappa shape index (κ1) is 22.8. The number of nitrogens with zero attached hydrogens (tertiary/aromatic N) is 2. The van der Waals surface area contributed by atoms with Gasteiger partial charge in [-0.05, 0) is 55.6 Å². The molecule has 0 atom stereocenters. The highest BCUT2D eigenvalue weighted by molar-refractivity contribution is 14.0. The van der Waals surface area contributed by atoms with Crippen LogP contribution < -0.4 is 15.8 Å². The summed E-state index contributed by atoms with van der Waals surface area (Å²) in [4.78, 5) is 6.98. The van der Waals surface area contributed by atoms with E-state index in [2.05, 4.69) is 21.3 Å². The zero-order chi connectivity index (χ0) is 19.1. The molecule has 1 heterocycles. The van der Waals surface area contributed by atoms with Crippen LogP contribution in [0.1, 0.15) is 18.4 Å². The van der Waals surface area contributed by atoms with Crippen LogP contribution in [0.4, 0.5) is 5.69 Å². The lowest BCUT2D eigenvalue weighted by Crippen LogP contribution is -2.34. The third kappa shape index (κ3) is 6.83. The summed E-state index contributed by atoms with van der Waals surface area (Å²) in [5.41, 5.74) is 8.11. The number of ether oxygens (including phenoxy) is 1. The average molecular weight is 515 g/mol. The number of rotatable bonds is 6. The Morgan fingerprint density at radius 3 is 2.68 bits per heavy atom. The van der Waals surface area contributed by atoms with Crippen molar-refractivity contribution in [2.45, 2.75) is 19.4 Å². The summed E-state index contributed by atoms with van der Waals surface area (Å²) >= 11 is 6.27. The lowest BCUT2D eigenvalue weighted by atomic mass is 9.96. The van der Waals surface area contributed by atoms with Gasteiger partial charge in [-0.3, -0.25) is 9.89 Å². The largest absolute Gasteiger partial charge is 0.497 e. The molecule has 0 amide bonds. The highest BCUT2D eigenvalue weighted by atomic mass is 127. The highest BCUT2D eigenvalue weighted by Crippen LogP contribution is 2.22. The van der Waals surface area contributed by atoms with Gasteiger partial charge in [-0.15, -0.1) is 24.0 Å². The Balaban J connectivity index is 0.00000280. The van der Waals surface area contributed by atoms with Crippen molar-refractivity contribution < 1.29 is 4.74 Å². The van der Waals surface area contributed by atoms with Crippen molar-refractivity contribution >= 4 is 47.2 Å². The normalized spacial score (nSPS) is 15.7. The Morgan fingerprint density at radius 1 is 1.21 bits per heavy atom. The summed E-state index contributed by atoms with van der Waals surface area (Å²) in [5, 5.41) is 3.97. The van der Waals surface area contributed by atoms with E-state index in [1.54, 1.807) is 7.11 Å². The van der Waals surface area contributed by atoms with Crippen LogP contribution in [0.15, 0.2) is 53.5 Å². The standard InChI is InChI=1S/C21H27ClN4O.HI/c1-27-19-7-4-6-18(13-19)25-21(23)24-14-16-9-11-26(12-10-16)15-17-5-2-3-8-20(17)22;/h2-8,13,16H,9-12,14-15H2,1H3,(H3,23,24,25);1H. The van der Waals surface area contributed by atoms with Crippen LogP contribution in [0.5, 0.6) is 5.75 Å². The van der Waals surface area contributed by atoms with Gasteiger partial charge in [-0.25, -0.2) is 0 Å². The first-order chi connectivity index (χ1) is 13.1. The quantitative estimate of drug-likeness (QED) is 0.336. The maximum Gasteiger partial charge on any atom is 0.193 e. The second-order valence-electron chi connectivity index (χ2n) is 6.89. The van der Waals surface area contributed by atoms with Crippen molar-refractivity contribution in [3.63, 3.8) is 0 Å². The first-order valence-corrected chi connectivity index (χ1v) is 9.68. The molecule has 3 N–H and O–H groups in total. The van der Waals surface area contributed by atoms with Crippen molar-refractivity contribution in [2.24, 2.45) is 16.6 Å². The van der Waals surface area contributed by atoms with Gasteiger partial charge in [0.25, 0.3) is 0 Å². The fourth-order valence-electron chi connectivity index (χ4n) is 3.31. The Bertz CT molecular complexity index is 779. The van der Waals surface area contributed by atoms with Gasteiger partial charge in [-0.1, -0.05) is 35.9 Å². The minimum Gasteiger partial charge on any atom is -0.497 e. The Hall–Kier alpha value is -1.51. The van der Waals surface area contributed by atoms with Gasteiger partial charge < -0.3 is 15.8 Å². The molecule has 0 spiro atoms. The molecule has 1 aliphatic heterocycles. The van der Waals surface area contributed by atoms with Crippen LogP contribution in [-0.2, 0) is 6.54 Å². The molecule has 0 saturated carbocycles. The number of nitrogens with two attached hydrogens (primary N) is 1. The van der Waals surface area contributed by atoms with E-state index in [0.717, 1.165) is 55.5 Å². The number of nitrogens with one attached hydrogen (secondary N) is 1. The van der Waals surface area contributed by atoms with Gasteiger partial charge in [0, 0.05) is 29.9 Å². The Kier molecular flexibility index (Phi) is 9.34. The summed E-state index contributed by atoms with van der Waals surface area (Å²) < 4.78 is 5.22. The van der Waals surface area contributed by atoms with Crippen LogP contribution in [0.3, 0.4) is 0 Å². The van der Waals surface area contributed by atoms with E-state index in [-0.39, 0.29) is 24.0 Å². The van der Waals surface area contributed by atoms with Crippen LogP contribution in [0, 0.1) is 5.92 Å². The minimum absolute atomic E-state index is 0. The van der Waals surface area contributed by atoms with Gasteiger partial charge >= 0.3 is 0 Å². The zero-order valence-corrected chi connectivity index (χ0v) is 19.2. The lowest BCUT2D eigenvalue weighted by molar-refractivity contribution is 0.180. The molecular weight excluding hydrogens is 487 g/mol. The second-order valence-corrected chi connectivity index (χ2v) is 7.30. The molecule has 3 rings (SSSR count). The molecule has 152 valence electrons. The van der Waals surface area contributed by atoms with Crippen LogP contribution in [0.2, 0.25) is 5.02 Å². The van der Waals surface area contributed by atoms with Crippen molar-refractivity contribution in [3.05, 3.63) is 59.1 Å². The maximum atomic E-state index is 6.27. The molecule has 0 unspecified atom stereocenters. The maximum absolute atomic E-state index is 6.27. The van der Waals surface area contributed by atoms with E-state index in [1.165, 1.54) is 5.56 Å². The lowest BCUT2D eigenvalue weighted by Gasteiger charge is -2.31. The van der Waals surface area contributed by atoms with Crippen LogP contribution in [0.25, 0.3) is 0 Å². The summed E-state index contributed by atoms with van der Waals surface area (Å²) in [6, 6.07) is 15.7. The summed E-state index contributed by atoms with van der Waals surface area (Å²) in [5.74, 6) is 1.80. The molecule has 1 aliphatic rings. The van der Waals surface area contributed by atoms with Crippen LogP contribution in [-0.4, -0.2) is 37.6 Å². The number of halogens is 2. The van der Waals surface area contributed by atoms with Gasteiger partial charge in [-0.2, -0.15) is 0 Å². The number of hydrogen-bond acceptors (Lipinski definition) is 3. The number of hydrogen-bond donors (Lipinski definition) is 2. The van der Waals surface area contributed by atoms with E-state index >= 15 is 0 Å². The number of methoxy groups -OCH3 is 1. The van der Waals surface area contributed by atoms with Gasteiger partial charge in [0.2, 0.25) is 0 Å². The van der Waals surface area contributed by atoms with Crippen molar-refractivity contribution in [1.82, 2.24) is 4.90 Å². The van der Waals surface area contributed by atoms with Crippen molar-refractivity contribution in [2.75, 3.05) is 32.1 Å². The second kappa shape index (κ2) is 11.5. The molecular formula is C21H28ClIN4O. The molecule has 1 fully saturated rings. The smallest absolute Gasteiger partial charge is 0.193 e. The SMILES string of the molecule is COc1cccc(NC(N)=NCC2CCN(Cc3ccccc3Cl)CC2)c1.I. The van der Waals surface area contributed by atoms with E-state index in [0.29, 0.717) is 11.9 Å². The molecule has 28 heavy (non-hydrogen) atoms. The number of piperidine rings is 1. The number of guanidine groups is 1. The van der Waals surface area contributed by atoms with E-state index in [4.69, 9.17) is 22.1 Å². The summed E-state index contributed by atoms with van der Waals surface area (Å²) in [6.45, 7) is 3.79. The third-order valence-corrected chi connectivity index (χ3v) is 5.29.